The Balaban J connectivity index is 1.92. The van der Waals surface area contributed by atoms with Crippen LogP contribution in [-0.4, -0.2) is 16.9 Å². The number of carbonyl (C=O) groups excluding carboxylic acids is 1. The lowest BCUT2D eigenvalue weighted by atomic mass is 10.2. The largest absolute Gasteiger partial charge is 0.402 e. The smallest absolute Gasteiger partial charge is 0.363 e. The summed E-state index contributed by atoms with van der Waals surface area (Å²) in [4.78, 5) is 20.3. The van der Waals surface area contributed by atoms with E-state index < -0.39 is 5.97 Å². The van der Waals surface area contributed by atoms with Gasteiger partial charge in [0.05, 0.1) is 10.7 Å². The van der Waals surface area contributed by atoms with Crippen molar-refractivity contribution in [1.82, 2.24) is 4.98 Å². The Bertz CT molecular complexity index is 732. The number of aryl methyl sites for hydroxylation is 1. The van der Waals surface area contributed by atoms with Crippen LogP contribution in [0.15, 0.2) is 44.8 Å². The molecule has 1 aliphatic heterocycles. The number of cyclic esters (lactones) is 1. The van der Waals surface area contributed by atoms with Crippen LogP contribution in [0.4, 0.5) is 0 Å². The first-order chi connectivity index (χ1) is 9.61. The minimum Gasteiger partial charge on any atom is -0.402 e. The number of ether oxygens (including phenoxy) is 1. The highest BCUT2D eigenvalue weighted by Crippen LogP contribution is 2.21. The molecule has 0 fully saturated rings. The van der Waals surface area contributed by atoms with Crippen molar-refractivity contribution in [2.45, 2.75) is 6.92 Å². The summed E-state index contributed by atoms with van der Waals surface area (Å²) in [6, 6.07) is 7.42. The van der Waals surface area contributed by atoms with E-state index in [0.29, 0.717) is 5.90 Å². The summed E-state index contributed by atoms with van der Waals surface area (Å²) in [5.74, 6) is -0.130. The van der Waals surface area contributed by atoms with Crippen LogP contribution in [-0.2, 0) is 9.53 Å². The second-order valence-electron chi connectivity index (χ2n) is 4.13. The van der Waals surface area contributed by atoms with Gasteiger partial charge < -0.3 is 4.74 Å². The van der Waals surface area contributed by atoms with Crippen LogP contribution in [0.3, 0.4) is 0 Å². The Hall–Kier alpha value is -1.79. The van der Waals surface area contributed by atoms with E-state index in [0.717, 1.165) is 20.7 Å². The van der Waals surface area contributed by atoms with E-state index in [1.54, 1.807) is 6.08 Å². The zero-order valence-corrected chi connectivity index (χ0v) is 12.9. The van der Waals surface area contributed by atoms with Gasteiger partial charge in [-0.05, 0) is 37.3 Å². The molecule has 0 amide bonds. The fourth-order valence-corrected chi connectivity index (χ4v) is 2.55. The third kappa shape index (κ3) is 2.71. The van der Waals surface area contributed by atoms with Gasteiger partial charge in [-0.15, -0.1) is 11.3 Å². The molecule has 100 valence electrons. The van der Waals surface area contributed by atoms with Gasteiger partial charge in [0.2, 0.25) is 5.90 Å². The molecule has 0 spiro atoms. The van der Waals surface area contributed by atoms with Crippen molar-refractivity contribution in [2.75, 3.05) is 0 Å². The van der Waals surface area contributed by atoms with E-state index in [4.69, 9.17) is 4.74 Å². The van der Waals surface area contributed by atoms with Gasteiger partial charge >= 0.3 is 5.97 Å². The predicted molar refractivity (Wildman–Crippen MR) is 81.6 cm³/mol. The maximum absolute atomic E-state index is 11.8. The summed E-state index contributed by atoms with van der Waals surface area (Å²) >= 11 is 4.88. The fourth-order valence-electron chi connectivity index (χ4n) is 1.71. The van der Waals surface area contributed by atoms with E-state index >= 15 is 0 Å². The number of aliphatic imine (C=N–C) groups is 1. The van der Waals surface area contributed by atoms with Crippen molar-refractivity contribution in [3.8, 4) is 0 Å². The van der Waals surface area contributed by atoms with Gasteiger partial charge in [-0.3, -0.25) is 0 Å². The van der Waals surface area contributed by atoms with Crippen molar-refractivity contribution in [1.29, 1.82) is 0 Å². The molecule has 3 rings (SSSR count). The average molecular weight is 349 g/mol. The SMILES string of the molecule is Cc1nc(C=C2N=C(c3ccc(Br)cc3)OC2=O)cs1. The van der Waals surface area contributed by atoms with Crippen molar-refractivity contribution in [3.05, 3.63) is 56.1 Å². The van der Waals surface area contributed by atoms with Crippen molar-refractivity contribution in [2.24, 2.45) is 4.99 Å². The Morgan fingerprint density at radius 3 is 2.70 bits per heavy atom. The summed E-state index contributed by atoms with van der Waals surface area (Å²) < 4.78 is 6.14. The molecule has 0 bridgehead atoms. The summed E-state index contributed by atoms with van der Waals surface area (Å²) in [7, 11) is 0. The molecule has 0 aliphatic carbocycles. The number of nitrogens with zero attached hydrogens (tertiary/aromatic N) is 2. The zero-order valence-electron chi connectivity index (χ0n) is 10.5. The van der Waals surface area contributed by atoms with Crippen molar-refractivity contribution >= 4 is 45.2 Å². The molecule has 1 aromatic heterocycles. The lowest BCUT2D eigenvalue weighted by molar-refractivity contribution is -0.129. The minimum absolute atomic E-state index is 0.271. The average Bonchev–Trinajstić information content (AvgIpc) is 2.98. The Kier molecular flexibility index (Phi) is 3.50. The molecule has 0 atom stereocenters. The molecule has 6 heteroatoms. The topological polar surface area (TPSA) is 51.6 Å². The maximum atomic E-state index is 11.8. The quantitative estimate of drug-likeness (QED) is 0.615. The minimum atomic E-state index is -0.450. The second kappa shape index (κ2) is 5.30. The maximum Gasteiger partial charge on any atom is 0.363 e. The summed E-state index contributed by atoms with van der Waals surface area (Å²) in [5.41, 5.74) is 1.76. The van der Waals surface area contributed by atoms with E-state index in [2.05, 4.69) is 25.9 Å². The molecular weight excluding hydrogens is 340 g/mol. The standard InChI is InChI=1S/C14H9BrN2O2S/c1-8-16-11(7-20-8)6-12-14(18)19-13(17-12)9-2-4-10(15)5-3-9/h2-7H,1H3. The van der Waals surface area contributed by atoms with Crippen LogP contribution in [0.25, 0.3) is 6.08 Å². The number of halogens is 1. The molecule has 0 N–H and O–H groups in total. The number of thiazole rings is 1. The molecule has 1 aromatic carbocycles. The number of hydrogen-bond acceptors (Lipinski definition) is 5. The molecule has 0 radical (unpaired) electrons. The van der Waals surface area contributed by atoms with Gasteiger partial charge in [-0.2, -0.15) is 0 Å². The molecular formula is C14H9BrN2O2S. The lowest BCUT2D eigenvalue weighted by Gasteiger charge is -1.98. The van der Waals surface area contributed by atoms with E-state index in [1.165, 1.54) is 11.3 Å². The Morgan fingerprint density at radius 1 is 1.30 bits per heavy atom. The number of hydrogen-bond donors (Lipinski definition) is 0. The van der Waals surface area contributed by atoms with Crippen molar-refractivity contribution in [3.63, 3.8) is 0 Å². The van der Waals surface area contributed by atoms with Crippen LogP contribution in [0.2, 0.25) is 0 Å². The summed E-state index contributed by atoms with van der Waals surface area (Å²) in [5, 5.41) is 2.82. The van der Waals surface area contributed by atoms with E-state index in [-0.39, 0.29) is 5.70 Å². The number of esters is 1. The van der Waals surface area contributed by atoms with Crippen molar-refractivity contribution < 1.29 is 9.53 Å². The van der Waals surface area contributed by atoms with Crippen LogP contribution < -0.4 is 0 Å². The first-order valence-electron chi connectivity index (χ1n) is 5.82. The van der Waals surface area contributed by atoms with Crippen LogP contribution >= 0.6 is 27.3 Å². The van der Waals surface area contributed by atoms with Crippen LogP contribution in [0.1, 0.15) is 16.3 Å². The van der Waals surface area contributed by atoms with Gasteiger partial charge in [0.15, 0.2) is 5.70 Å². The lowest BCUT2D eigenvalue weighted by Crippen LogP contribution is -2.05. The predicted octanol–water partition coefficient (Wildman–Crippen LogP) is 3.56. The number of aromatic nitrogens is 1. The number of carbonyl (C=O) groups is 1. The highest BCUT2D eigenvalue weighted by molar-refractivity contribution is 9.10. The number of benzene rings is 1. The third-order valence-electron chi connectivity index (χ3n) is 2.63. The Labute approximate surface area is 128 Å². The van der Waals surface area contributed by atoms with Gasteiger partial charge in [0.25, 0.3) is 0 Å². The van der Waals surface area contributed by atoms with E-state index in [1.807, 2.05) is 36.6 Å². The molecule has 1 aliphatic rings. The highest BCUT2D eigenvalue weighted by atomic mass is 79.9. The van der Waals surface area contributed by atoms with Gasteiger partial charge in [0, 0.05) is 15.4 Å². The van der Waals surface area contributed by atoms with Gasteiger partial charge in [0.1, 0.15) is 0 Å². The molecule has 2 aromatic rings. The molecule has 20 heavy (non-hydrogen) atoms. The highest BCUT2D eigenvalue weighted by Gasteiger charge is 2.24. The zero-order chi connectivity index (χ0) is 14.1. The van der Waals surface area contributed by atoms with Crippen LogP contribution in [0, 0.1) is 6.92 Å². The fraction of sp³-hybridized carbons (Fsp3) is 0.0714. The monoisotopic (exact) mass is 348 g/mol. The summed E-state index contributed by atoms with van der Waals surface area (Å²) in [6.07, 6.45) is 1.64. The summed E-state index contributed by atoms with van der Waals surface area (Å²) in [6.45, 7) is 1.91. The first-order valence-corrected chi connectivity index (χ1v) is 7.50. The van der Waals surface area contributed by atoms with Gasteiger partial charge in [-0.1, -0.05) is 15.9 Å². The van der Waals surface area contributed by atoms with E-state index in [9.17, 15) is 4.79 Å². The normalized spacial score (nSPS) is 16.4. The first kappa shape index (κ1) is 13.2. The van der Waals surface area contributed by atoms with Crippen LogP contribution in [0.5, 0.6) is 0 Å². The van der Waals surface area contributed by atoms with Gasteiger partial charge in [-0.25, -0.2) is 14.8 Å². The molecule has 0 saturated heterocycles. The Morgan fingerprint density at radius 2 is 2.05 bits per heavy atom. The molecule has 2 heterocycles. The molecule has 0 saturated carbocycles. The third-order valence-corrected chi connectivity index (χ3v) is 3.95. The molecule has 4 nitrogen and oxygen atoms in total. The number of rotatable bonds is 2. The second-order valence-corrected chi connectivity index (χ2v) is 6.11. The molecule has 0 unspecified atom stereocenters.